The molecule has 0 atom stereocenters. The first kappa shape index (κ1) is 6.97. The zero-order valence-electron chi connectivity index (χ0n) is 6.32. The molecule has 1 N–H and O–H groups in total. The summed E-state index contributed by atoms with van der Waals surface area (Å²) in [6, 6.07) is 3.79. The van der Waals surface area contributed by atoms with Crippen LogP contribution in [-0.2, 0) is 6.54 Å². The summed E-state index contributed by atoms with van der Waals surface area (Å²) in [6.45, 7) is 0.189. The average molecular weight is 161 g/mol. The van der Waals surface area contributed by atoms with E-state index in [1.165, 1.54) is 0 Å². The molecule has 0 saturated carbocycles. The van der Waals surface area contributed by atoms with Gasteiger partial charge in [-0.1, -0.05) is 5.18 Å². The summed E-state index contributed by atoms with van der Waals surface area (Å²) in [7, 11) is 0. The summed E-state index contributed by atoms with van der Waals surface area (Å²) in [5.74, 6) is 0. The van der Waals surface area contributed by atoms with Crippen molar-refractivity contribution in [3.8, 4) is 0 Å². The number of hydrogen-bond donors (Lipinski definition) is 1. The van der Waals surface area contributed by atoms with Gasteiger partial charge in [0.2, 0.25) is 0 Å². The maximum absolute atomic E-state index is 9.97. The van der Waals surface area contributed by atoms with E-state index in [4.69, 9.17) is 0 Å². The third-order valence-electron chi connectivity index (χ3n) is 1.71. The van der Waals surface area contributed by atoms with Crippen LogP contribution < -0.4 is 0 Å². The Morgan fingerprint density at radius 1 is 1.58 bits per heavy atom. The van der Waals surface area contributed by atoms with Crippen molar-refractivity contribution in [1.29, 1.82) is 0 Å². The van der Waals surface area contributed by atoms with Crippen LogP contribution in [0.3, 0.4) is 0 Å². The fourth-order valence-corrected chi connectivity index (χ4v) is 1.19. The normalized spacial score (nSPS) is 10.3. The Balaban J connectivity index is 2.54. The highest BCUT2D eigenvalue weighted by Crippen LogP contribution is 2.13. The molecule has 0 aliphatic heterocycles. The van der Waals surface area contributed by atoms with E-state index in [-0.39, 0.29) is 6.54 Å². The molecule has 0 radical (unpaired) electrons. The van der Waals surface area contributed by atoms with E-state index in [1.807, 2.05) is 12.1 Å². The number of hydrogen-bond acceptors (Lipinski definition) is 3. The van der Waals surface area contributed by atoms with Gasteiger partial charge in [0.15, 0.2) is 0 Å². The van der Waals surface area contributed by atoms with Crippen LogP contribution in [-0.4, -0.2) is 9.97 Å². The Labute approximate surface area is 68.6 Å². The number of rotatable bonds is 2. The number of nitrogens with one attached hydrogen (secondary N) is 1. The van der Waals surface area contributed by atoms with Crippen LogP contribution in [0.25, 0.3) is 10.9 Å². The lowest BCUT2D eigenvalue weighted by molar-refractivity contribution is 1.01. The largest absolute Gasteiger partial charge is 0.355 e. The Morgan fingerprint density at radius 3 is 3.25 bits per heavy atom. The lowest BCUT2D eigenvalue weighted by atomic mass is 10.3. The van der Waals surface area contributed by atoms with Crippen LogP contribution in [0.2, 0.25) is 0 Å². The monoisotopic (exact) mass is 161 g/mol. The van der Waals surface area contributed by atoms with Crippen molar-refractivity contribution in [2.45, 2.75) is 6.54 Å². The zero-order chi connectivity index (χ0) is 8.39. The van der Waals surface area contributed by atoms with Gasteiger partial charge in [0, 0.05) is 17.3 Å². The molecule has 0 aromatic carbocycles. The molecule has 2 aromatic heterocycles. The second-order valence-corrected chi connectivity index (χ2v) is 2.54. The highest BCUT2D eigenvalue weighted by molar-refractivity contribution is 5.79. The van der Waals surface area contributed by atoms with Crippen molar-refractivity contribution in [1.82, 2.24) is 9.97 Å². The van der Waals surface area contributed by atoms with Crippen LogP contribution in [0, 0.1) is 4.91 Å². The molecule has 0 saturated heterocycles. The van der Waals surface area contributed by atoms with E-state index in [0.717, 1.165) is 16.6 Å². The van der Waals surface area contributed by atoms with Gasteiger partial charge in [-0.05, 0) is 12.1 Å². The van der Waals surface area contributed by atoms with Crippen molar-refractivity contribution < 1.29 is 0 Å². The molecule has 2 rings (SSSR count). The maximum atomic E-state index is 9.97. The smallest absolute Gasteiger partial charge is 0.121 e. The number of H-pyrrole nitrogens is 1. The molecule has 0 aliphatic carbocycles. The van der Waals surface area contributed by atoms with Gasteiger partial charge in [-0.25, -0.2) is 0 Å². The van der Waals surface area contributed by atoms with E-state index in [9.17, 15) is 4.91 Å². The van der Waals surface area contributed by atoms with Crippen LogP contribution in [0.15, 0.2) is 29.7 Å². The van der Waals surface area contributed by atoms with Crippen molar-refractivity contribution in [2.75, 3.05) is 0 Å². The summed E-state index contributed by atoms with van der Waals surface area (Å²) >= 11 is 0. The van der Waals surface area contributed by atoms with Gasteiger partial charge in [0.1, 0.15) is 6.54 Å². The van der Waals surface area contributed by atoms with Crippen LogP contribution in [0.5, 0.6) is 0 Å². The molecule has 0 amide bonds. The minimum Gasteiger partial charge on any atom is -0.355 e. The van der Waals surface area contributed by atoms with Crippen molar-refractivity contribution in [3.05, 3.63) is 35.1 Å². The first-order valence-electron chi connectivity index (χ1n) is 3.61. The van der Waals surface area contributed by atoms with E-state index < -0.39 is 0 Å². The van der Waals surface area contributed by atoms with Gasteiger partial charge in [-0.3, -0.25) is 4.98 Å². The van der Waals surface area contributed by atoms with Gasteiger partial charge in [0.05, 0.1) is 11.7 Å². The topological polar surface area (TPSA) is 58.1 Å². The molecule has 2 aromatic rings. The third kappa shape index (κ3) is 1.07. The van der Waals surface area contributed by atoms with E-state index >= 15 is 0 Å². The number of nitrogens with zero attached hydrogens (tertiary/aromatic N) is 2. The van der Waals surface area contributed by atoms with Gasteiger partial charge < -0.3 is 4.98 Å². The molecule has 4 heteroatoms. The minimum atomic E-state index is 0.189. The van der Waals surface area contributed by atoms with Gasteiger partial charge in [0.25, 0.3) is 0 Å². The first-order chi connectivity index (χ1) is 5.90. The molecule has 4 nitrogen and oxygen atoms in total. The average Bonchev–Trinajstić information content (AvgIpc) is 2.47. The van der Waals surface area contributed by atoms with Gasteiger partial charge in [-0.2, -0.15) is 4.91 Å². The van der Waals surface area contributed by atoms with Gasteiger partial charge in [-0.15, -0.1) is 0 Å². The van der Waals surface area contributed by atoms with E-state index in [0.29, 0.717) is 0 Å². The highest BCUT2D eigenvalue weighted by atomic mass is 16.3. The molecule has 0 spiro atoms. The number of pyridine rings is 1. The molecule has 2 heterocycles. The summed E-state index contributed by atoms with van der Waals surface area (Å²) in [5.41, 5.74) is 1.77. The fourth-order valence-electron chi connectivity index (χ4n) is 1.19. The molecule has 0 unspecified atom stereocenters. The number of fused-ring (bicyclic) bond motifs is 1. The quantitative estimate of drug-likeness (QED) is 0.683. The predicted octanol–water partition coefficient (Wildman–Crippen LogP) is 1.83. The Bertz CT molecular complexity index is 374. The molecular formula is C8H7N3O. The van der Waals surface area contributed by atoms with Crippen LogP contribution in [0.1, 0.15) is 5.69 Å². The SMILES string of the molecule is O=NCc1cc2ccncc2[nH]1. The zero-order valence-corrected chi connectivity index (χ0v) is 6.32. The highest BCUT2D eigenvalue weighted by Gasteiger charge is 1.98. The Hall–Kier alpha value is -1.71. The molecule has 0 aliphatic rings. The standard InChI is InChI=1S/C8H7N3O/c12-10-4-7-3-6-1-2-9-5-8(6)11-7/h1-3,5,11H,4H2. The molecular weight excluding hydrogens is 154 g/mol. The maximum Gasteiger partial charge on any atom is 0.121 e. The Kier molecular flexibility index (Phi) is 1.59. The molecule has 0 bridgehead atoms. The number of nitroso groups, excluding NO2 is 1. The lowest BCUT2D eigenvalue weighted by Gasteiger charge is -1.84. The lowest BCUT2D eigenvalue weighted by Crippen LogP contribution is -1.77. The van der Waals surface area contributed by atoms with Crippen molar-refractivity contribution in [3.63, 3.8) is 0 Å². The summed E-state index contributed by atoms with van der Waals surface area (Å²) in [4.78, 5) is 17.0. The molecule has 60 valence electrons. The summed E-state index contributed by atoms with van der Waals surface area (Å²) in [5, 5.41) is 3.86. The van der Waals surface area contributed by atoms with Crippen LogP contribution in [0.4, 0.5) is 0 Å². The fraction of sp³-hybridized carbons (Fsp3) is 0.125. The van der Waals surface area contributed by atoms with Gasteiger partial charge >= 0.3 is 0 Å². The minimum absolute atomic E-state index is 0.189. The second-order valence-electron chi connectivity index (χ2n) is 2.54. The summed E-state index contributed by atoms with van der Waals surface area (Å²) in [6.07, 6.45) is 3.44. The van der Waals surface area contributed by atoms with E-state index in [2.05, 4.69) is 15.1 Å². The third-order valence-corrected chi connectivity index (χ3v) is 1.71. The number of aromatic amines is 1. The Morgan fingerprint density at radius 2 is 2.50 bits per heavy atom. The summed E-state index contributed by atoms with van der Waals surface area (Å²) < 4.78 is 0. The number of aromatic nitrogens is 2. The van der Waals surface area contributed by atoms with Crippen LogP contribution >= 0.6 is 0 Å². The predicted molar refractivity (Wildman–Crippen MR) is 45.6 cm³/mol. The van der Waals surface area contributed by atoms with Crippen molar-refractivity contribution >= 4 is 10.9 Å². The second kappa shape index (κ2) is 2.73. The van der Waals surface area contributed by atoms with Crippen molar-refractivity contribution in [2.24, 2.45) is 5.18 Å². The van der Waals surface area contributed by atoms with E-state index in [1.54, 1.807) is 12.4 Å². The molecule has 0 fully saturated rings. The first-order valence-corrected chi connectivity index (χ1v) is 3.61. The molecule has 12 heavy (non-hydrogen) atoms.